The Balaban J connectivity index is 3.46. The molecule has 0 fully saturated rings. The van der Waals surface area contributed by atoms with E-state index in [1.54, 1.807) is 0 Å². The standard InChI is InChI=1S/C19H41NO3/c1-3-5-6-7-8-9-10-11-12-13-14-16-23-18(15-4-2)19(21,22)17-20/h18,21-22H,3-17,20H2,1-2H3. The number of ether oxygens (including phenoxy) is 1. The molecule has 0 saturated carbocycles. The minimum absolute atomic E-state index is 0.185. The number of hydrogen-bond acceptors (Lipinski definition) is 4. The first-order chi connectivity index (χ1) is 11.1. The van der Waals surface area contributed by atoms with E-state index < -0.39 is 11.9 Å². The van der Waals surface area contributed by atoms with Crippen LogP contribution in [0.2, 0.25) is 0 Å². The molecule has 0 aliphatic heterocycles. The second-order valence-electron chi connectivity index (χ2n) is 6.77. The number of rotatable bonds is 17. The quantitative estimate of drug-likeness (QED) is 0.277. The van der Waals surface area contributed by atoms with Crippen LogP contribution in [0.3, 0.4) is 0 Å². The van der Waals surface area contributed by atoms with E-state index >= 15 is 0 Å². The molecule has 1 unspecified atom stereocenters. The topological polar surface area (TPSA) is 75.7 Å². The van der Waals surface area contributed by atoms with Crippen LogP contribution < -0.4 is 5.73 Å². The van der Waals surface area contributed by atoms with Crippen LogP contribution >= 0.6 is 0 Å². The number of nitrogens with two attached hydrogens (primary N) is 1. The van der Waals surface area contributed by atoms with E-state index in [0.29, 0.717) is 13.0 Å². The first kappa shape index (κ1) is 22.8. The van der Waals surface area contributed by atoms with Crippen LogP contribution in [0, 0.1) is 0 Å². The highest BCUT2D eigenvalue weighted by atomic mass is 16.6. The van der Waals surface area contributed by atoms with Gasteiger partial charge in [0.2, 0.25) is 5.79 Å². The maximum atomic E-state index is 9.80. The first-order valence-corrected chi connectivity index (χ1v) is 9.84. The van der Waals surface area contributed by atoms with Gasteiger partial charge in [-0.15, -0.1) is 0 Å². The third kappa shape index (κ3) is 12.9. The monoisotopic (exact) mass is 331 g/mol. The van der Waals surface area contributed by atoms with E-state index in [0.717, 1.165) is 19.3 Å². The van der Waals surface area contributed by atoms with Gasteiger partial charge in [0, 0.05) is 13.2 Å². The molecule has 0 heterocycles. The van der Waals surface area contributed by atoms with Crippen molar-refractivity contribution >= 4 is 0 Å². The van der Waals surface area contributed by atoms with Crippen LogP contribution in [0.1, 0.15) is 97.3 Å². The van der Waals surface area contributed by atoms with Gasteiger partial charge in [0.25, 0.3) is 0 Å². The molecule has 140 valence electrons. The van der Waals surface area contributed by atoms with Gasteiger partial charge in [-0.25, -0.2) is 0 Å². The molecule has 0 saturated heterocycles. The zero-order chi connectivity index (χ0) is 17.4. The Bertz CT molecular complexity index is 247. The molecule has 0 aliphatic carbocycles. The minimum Gasteiger partial charge on any atom is -0.373 e. The number of unbranched alkanes of at least 4 members (excludes halogenated alkanes) is 10. The average Bonchev–Trinajstić information content (AvgIpc) is 2.54. The molecule has 0 aliphatic rings. The SMILES string of the molecule is CCCCCCCCCCCCCOC(CCC)C(O)(O)CN. The first-order valence-electron chi connectivity index (χ1n) is 9.84. The second kappa shape index (κ2) is 15.4. The lowest BCUT2D eigenvalue weighted by molar-refractivity contribution is -0.233. The minimum atomic E-state index is -1.90. The fraction of sp³-hybridized carbons (Fsp3) is 1.00. The lowest BCUT2D eigenvalue weighted by Crippen LogP contribution is -2.50. The van der Waals surface area contributed by atoms with Crippen molar-refractivity contribution in [3.63, 3.8) is 0 Å². The third-order valence-electron chi connectivity index (χ3n) is 4.43. The van der Waals surface area contributed by atoms with Gasteiger partial charge in [0.1, 0.15) is 6.10 Å². The van der Waals surface area contributed by atoms with E-state index in [-0.39, 0.29) is 6.54 Å². The van der Waals surface area contributed by atoms with Crippen molar-refractivity contribution in [2.75, 3.05) is 13.2 Å². The van der Waals surface area contributed by atoms with Crippen molar-refractivity contribution in [1.82, 2.24) is 0 Å². The van der Waals surface area contributed by atoms with Crippen LogP contribution in [0.4, 0.5) is 0 Å². The molecular formula is C19H41NO3. The zero-order valence-corrected chi connectivity index (χ0v) is 15.6. The van der Waals surface area contributed by atoms with E-state index in [2.05, 4.69) is 6.92 Å². The van der Waals surface area contributed by atoms with Gasteiger partial charge in [0.05, 0.1) is 0 Å². The van der Waals surface area contributed by atoms with E-state index in [1.165, 1.54) is 57.8 Å². The van der Waals surface area contributed by atoms with E-state index in [4.69, 9.17) is 10.5 Å². The normalized spacial score (nSPS) is 13.4. The summed E-state index contributed by atoms with van der Waals surface area (Å²) < 4.78 is 5.64. The van der Waals surface area contributed by atoms with Gasteiger partial charge in [-0.05, 0) is 12.8 Å². The summed E-state index contributed by atoms with van der Waals surface area (Å²) in [5.41, 5.74) is 5.39. The number of hydrogen-bond donors (Lipinski definition) is 3. The molecule has 23 heavy (non-hydrogen) atoms. The highest BCUT2D eigenvalue weighted by Crippen LogP contribution is 2.16. The summed E-state index contributed by atoms with van der Waals surface area (Å²) in [5.74, 6) is -1.90. The largest absolute Gasteiger partial charge is 0.373 e. The fourth-order valence-corrected chi connectivity index (χ4v) is 2.83. The molecule has 4 heteroatoms. The molecule has 0 aromatic heterocycles. The van der Waals surface area contributed by atoms with E-state index in [1.807, 2.05) is 6.92 Å². The summed E-state index contributed by atoms with van der Waals surface area (Å²) in [6.07, 6.45) is 15.2. The van der Waals surface area contributed by atoms with Gasteiger partial charge in [-0.2, -0.15) is 0 Å². The van der Waals surface area contributed by atoms with Crippen LogP contribution in [-0.2, 0) is 4.74 Å². The Hall–Kier alpha value is -0.160. The maximum absolute atomic E-state index is 9.80. The molecule has 0 aromatic rings. The molecule has 0 amide bonds. The summed E-state index contributed by atoms with van der Waals surface area (Å²) in [5, 5.41) is 19.6. The summed E-state index contributed by atoms with van der Waals surface area (Å²) in [6, 6.07) is 0. The maximum Gasteiger partial charge on any atom is 0.202 e. The smallest absolute Gasteiger partial charge is 0.202 e. The van der Waals surface area contributed by atoms with Crippen LogP contribution in [0.5, 0.6) is 0 Å². The molecule has 0 spiro atoms. The molecular weight excluding hydrogens is 290 g/mol. The summed E-state index contributed by atoms with van der Waals surface area (Å²) in [7, 11) is 0. The van der Waals surface area contributed by atoms with Crippen molar-refractivity contribution in [3.05, 3.63) is 0 Å². The van der Waals surface area contributed by atoms with Gasteiger partial charge in [-0.3, -0.25) is 0 Å². The molecule has 0 bridgehead atoms. The Morgan fingerprint density at radius 3 is 1.70 bits per heavy atom. The van der Waals surface area contributed by atoms with Gasteiger partial charge in [0.15, 0.2) is 0 Å². The van der Waals surface area contributed by atoms with Crippen LogP contribution in [0.15, 0.2) is 0 Å². The van der Waals surface area contributed by atoms with Crippen molar-refractivity contribution < 1.29 is 14.9 Å². The van der Waals surface area contributed by atoms with Crippen molar-refractivity contribution in [2.24, 2.45) is 5.73 Å². The molecule has 1 atom stereocenters. The summed E-state index contributed by atoms with van der Waals surface area (Å²) >= 11 is 0. The fourth-order valence-electron chi connectivity index (χ4n) is 2.83. The van der Waals surface area contributed by atoms with Crippen molar-refractivity contribution in [2.45, 2.75) is 109 Å². The Kier molecular flexibility index (Phi) is 15.3. The lowest BCUT2D eigenvalue weighted by atomic mass is 10.0. The van der Waals surface area contributed by atoms with Crippen LogP contribution in [0.25, 0.3) is 0 Å². The van der Waals surface area contributed by atoms with E-state index in [9.17, 15) is 10.2 Å². The third-order valence-corrected chi connectivity index (χ3v) is 4.43. The summed E-state index contributed by atoms with van der Waals surface area (Å²) in [4.78, 5) is 0. The molecule has 0 rings (SSSR count). The molecule has 4 N–H and O–H groups in total. The van der Waals surface area contributed by atoms with Gasteiger partial charge < -0.3 is 20.7 Å². The Labute approximate surface area is 143 Å². The predicted molar refractivity (Wildman–Crippen MR) is 97.3 cm³/mol. The highest BCUT2D eigenvalue weighted by molar-refractivity contribution is 4.77. The highest BCUT2D eigenvalue weighted by Gasteiger charge is 2.33. The molecule has 0 aromatic carbocycles. The van der Waals surface area contributed by atoms with Gasteiger partial charge >= 0.3 is 0 Å². The van der Waals surface area contributed by atoms with Gasteiger partial charge in [-0.1, -0.05) is 84.5 Å². The second-order valence-corrected chi connectivity index (χ2v) is 6.77. The molecule has 0 radical (unpaired) electrons. The van der Waals surface area contributed by atoms with Crippen molar-refractivity contribution in [1.29, 1.82) is 0 Å². The summed E-state index contributed by atoms with van der Waals surface area (Å²) in [6.45, 7) is 4.66. The average molecular weight is 332 g/mol. The Morgan fingerprint density at radius 1 is 0.783 bits per heavy atom. The Morgan fingerprint density at radius 2 is 1.26 bits per heavy atom. The lowest BCUT2D eigenvalue weighted by Gasteiger charge is -2.30. The zero-order valence-electron chi connectivity index (χ0n) is 15.6. The number of aliphatic hydroxyl groups is 2. The predicted octanol–water partition coefficient (Wildman–Crippen LogP) is 4.12. The van der Waals surface area contributed by atoms with Crippen molar-refractivity contribution in [3.8, 4) is 0 Å². The molecule has 4 nitrogen and oxygen atoms in total. The van der Waals surface area contributed by atoms with Crippen LogP contribution in [-0.4, -0.2) is 35.3 Å².